The average Bonchev–Trinajstić information content (AvgIpc) is 2.85. The van der Waals surface area contributed by atoms with Crippen LogP contribution in [0.3, 0.4) is 0 Å². The van der Waals surface area contributed by atoms with E-state index in [1.54, 1.807) is 0 Å². The summed E-state index contributed by atoms with van der Waals surface area (Å²) in [4.78, 5) is 0. The second-order valence-electron chi connectivity index (χ2n) is 9.20. The molecule has 5 heteroatoms. The number of rotatable bonds is 2. The molecule has 2 aliphatic rings. The van der Waals surface area contributed by atoms with Crippen molar-refractivity contribution >= 4 is 14.8 Å². The summed E-state index contributed by atoms with van der Waals surface area (Å²) in [7, 11) is -1.51. The van der Waals surface area contributed by atoms with Gasteiger partial charge in [0.2, 0.25) is 0 Å². The van der Waals surface area contributed by atoms with E-state index >= 15 is 0 Å². The predicted molar refractivity (Wildman–Crippen MR) is 98.1 cm³/mol. The molecule has 23 heavy (non-hydrogen) atoms. The van der Waals surface area contributed by atoms with E-state index in [9.17, 15) is 0 Å². The lowest BCUT2D eigenvalue weighted by molar-refractivity contribution is 0.00578. The Labute approximate surface area is 141 Å². The molecule has 1 aromatic carbocycles. The van der Waals surface area contributed by atoms with Gasteiger partial charge in [0.15, 0.2) is 0 Å². The molecule has 2 heterocycles. The molecule has 2 fully saturated rings. The maximum atomic E-state index is 6.56. The Morgan fingerprint density at radius 2 is 1.48 bits per heavy atom. The zero-order valence-corrected chi connectivity index (χ0v) is 16.6. The van der Waals surface area contributed by atoms with Crippen LogP contribution in [0.5, 0.6) is 0 Å². The molecule has 0 unspecified atom stereocenters. The molecule has 0 bridgehead atoms. The normalized spacial score (nSPS) is 31.6. The standard InChI is InChI=1S/C18H30BO3Si/c1-17(2)18(3,4)22-19(21-17)16(23(5,6)7)13-15(20-19)14-11-9-8-10-12-14/h8-12,15-16H,13H2,1-7H3/q-1/t15-,16+/m0/s1. The molecule has 0 aromatic heterocycles. The van der Waals surface area contributed by atoms with Crippen molar-refractivity contribution < 1.29 is 14.0 Å². The van der Waals surface area contributed by atoms with Gasteiger partial charge in [-0.3, -0.25) is 0 Å². The van der Waals surface area contributed by atoms with Crippen molar-refractivity contribution in [1.29, 1.82) is 0 Å². The van der Waals surface area contributed by atoms with Gasteiger partial charge in [-0.1, -0.05) is 61.8 Å². The molecule has 128 valence electrons. The summed E-state index contributed by atoms with van der Waals surface area (Å²) in [5.41, 5.74) is 0.894. The van der Waals surface area contributed by atoms with E-state index in [2.05, 4.69) is 71.6 Å². The first-order valence-electron chi connectivity index (χ1n) is 8.74. The molecule has 1 aromatic rings. The van der Waals surface area contributed by atoms with Crippen molar-refractivity contribution in [2.75, 3.05) is 0 Å². The lowest BCUT2D eigenvalue weighted by Gasteiger charge is -2.43. The lowest BCUT2D eigenvalue weighted by Crippen LogP contribution is -2.51. The van der Waals surface area contributed by atoms with Gasteiger partial charge in [-0.05, 0) is 33.3 Å². The maximum Gasteiger partial charge on any atom is 0.380 e. The van der Waals surface area contributed by atoms with Gasteiger partial charge in [-0.25, -0.2) is 0 Å². The van der Waals surface area contributed by atoms with Gasteiger partial charge < -0.3 is 14.0 Å². The maximum absolute atomic E-state index is 6.56. The van der Waals surface area contributed by atoms with E-state index < -0.39 is 14.8 Å². The van der Waals surface area contributed by atoms with Gasteiger partial charge in [-0.2, -0.15) is 0 Å². The van der Waals surface area contributed by atoms with Crippen molar-refractivity contribution in [1.82, 2.24) is 0 Å². The predicted octanol–water partition coefficient (Wildman–Crippen LogP) is 4.94. The summed E-state index contributed by atoms with van der Waals surface area (Å²) in [6.45, 7) is 13.9. The third-order valence-corrected chi connectivity index (χ3v) is 8.83. The molecule has 2 atom stereocenters. The molecular formula is C18H30BO3Si-. The fraction of sp³-hybridized carbons (Fsp3) is 0.667. The van der Waals surface area contributed by atoms with E-state index in [1.165, 1.54) is 5.56 Å². The van der Waals surface area contributed by atoms with E-state index in [0.717, 1.165) is 6.42 Å². The topological polar surface area (TPSA) is 27.7 Å². The minimum Gasteiger partial charge on any atom is -0.539 e. The van der Waals surface area contributed by atoms with Gasteiger partial charge >= 0.3 is 6.75 Å². The summed E-state index contributed by atoms with van der Waals surface area (Å²) in [6, 6.07) is 10.5. The van der Waals surface area contributed by atoms with Crippen LogP contribution in [-0.4, -0.2) is 26.0 Å². The quantitative estimate of drug-likeness (QED) is 0.718. The zero-order chi connectivity index (χ0) is 17.1. The molecule has 2 saturated heterocycles. The largest absolute Gasteiger partial charge is 0.539 e. The Morgan fingerprint density at radius 3 is 1.96 bits per heavy atom. The highest BCUT2D eigenvalue weighted by Gasteiger charge is 2.61. The Bertz CT molecular complexity index is 564. The highest BCUT2D eigenvalue weighted by Crippen LogP contribution is 2.57. The van der Waals surface area contributed by atoms with Gasteiger partial charge in [0.1, 0.15) is 0 Å². The molecule has 3 rings (SSSR count). The third kappa shape index (κ3) is 2.82. The summed E-state index contributed by atoms with van der Waals surface area (Å²) >= 11 is 0. The molecule has 0 N–H and O–H groups in total. The first-order valence-corrected chi connectivity index (χ1v) is 12.3. The van der Waals surface area contributed by atoms with Crippen molar-refractivity contribution in [3.8, 4) is 0 Å². The van der Waals surface area contributed by atoms with Crippen LogP contribution in [0.4, 0.5) is 0 Å². The number of hydrogen-bond donors (Lipinski definition) is 0. The first-order chi connectivity index (χ1) is 10.5. The Balaban J connectivity index is 1.98. The molecule has 0 saturated carbocycles. The fourth-order valence-corrected chi connectivity index (χ4v) is 6.33. The second kappa shape index (κ2) is 5.19. The average molecular weight is 333 g/mol. The van der Waals surface area contributed by atoms with Crippen LogP contribution >= 0.6 is 0 Å². The Hall–Kier alpha value is -0.618. The zero-order valence-electron chi connectivity index (χ0n) is 15.6. The second-order valence-corrected chi connectivity index (χ2v) is 14.7. The van der Waals surface area contributed by atoms with Crippen LogP contribution in [0.1, 0.15) is 45.8 Å². The van der Waals surface area contributed by atoms with Crippen LogP contribution in [-0.2, 0) is 14.0 Å². The van der Waals surface area contributed by atoms with E-state index in [0.29, 0.717) is 5.44 Å². The van der Waals surface area contributed by atoms with Gasteiger partial charge in [0, 0.05) is 25.4 Å². The van der Waals surface area contributed by atoms with E-state index in [4.69, 9.17) is 14.0 Å². The van der Waals surface area contributed by atoms with Gasteiger partial charge in [0.05, 0.1) is 0 Å². The first kappa shape index (κ1) is 17.2. The molecular weight excluding hydrogens is 303 g/mol. The minimum absolute atomic E-state index is 0.0672. The molecule has 0 radical (unpaired) electrons. The summed E-state index contributed by atoms with van der Waals surface area (Å²) < 4.78 is 19.7. The van der Waals surface area contributed by atoms with Crippen molar-refractivity contribution in [2.24, 2.45) is 0 Å². The summed E-state index contributed by atoms with van der Waals surface area (Å²) in [6.07, 6.45) is 1.06. The van der Waals surface area contributed by atoms with E-state index in [1.807, 2.05) is 6.07 Å². The SMILES string of the molecule is CC1(C)O[B-]2(O[C@H](c3ccccc3)C[C@H]2[Si](C)(C)C)OC1(C)C. The Kier molecular flexibility index (Phi) is 3.88. The van der Waals surface area contributed by atoms with Crippen LogP contribution in [0, 0.1) is 0 Å². The van der Waals surface area contributed by atoms with Crippen LogP contribution in [0.2, 0.25) is 25.1 Å². The summed E-state index contributed by atoms with van der Waals surface area (Å²) in [5.74, 6) is 0. The molecule has 0 aliphatic carbocycles. The highest BCUT2D eigenvalue weighted by atomic mass is 28.3. The molecule has 0 amide bonds. The van der Waals surface area contributed by atoms with Crippen LogP contribution in [0.25, 0.3) is 0 Å². The van der Waals surface area contributed by atoms with Crippen molar-refractivity contribution in [2.45, 2.75) is 76.5 Å². The van der Waals surface area contributed by atoms with Gasteiger partial charge in [-0.15, -0.1) is 0 Å². The van der Waals surface area contributed by atoms with Crippen molar-refractivity contribution in [3.63, 3.8) is 0 Å². The van der Waals surface area contributed by atoms with Crippen molar-refractivity contribution in [3.05, 3.63) is 35.9 Å². The molecule has 2 aliphatic heterocycles. The van der Waals surface area contributed by atoms with Crippen LogP contribution in [0.15, 0.2) is 30.3 Å². The fourth-order valence-electron chi connectivity index (χ4n) is 3.97. The lowest BCUT2D eigenvalue weighted by atomic mass is 9.74. The Morgan fingerprint density at radius 1 is 0.957 bits per heavy atom. The number of hydrogen-bond acceptors (Lipinski definition) is 3. The smallest absolute Gasteiger partial charge is 0.380 e. The third-order valence-electron chi connectivity index (χ3n) is 5.97. The number of benzene rings is 1. The van der Waals surface area contributed by atoms with E-state index in [-0.39, 0.29) is 17.3 Å². The van der Waals surface area contributed by atoms with Gasteiger partial charge in [0.25, 0.3) is 0 Å². The molecule has 1 spiro atoms. The summed E-state index contributed by atoms with van der Waals surface area (Å²) in [5, 5.41) is 0. The highest BCUT2D eigenvalue weighted by molar-refractivity contribution is 6.91. The minimum atomic E-state index is -1.71. The molecule has 3 nitrogen and oxygen atoms in total. The monoisotopic (exact) mass is 333 g/mol. The van der Waals surface area contributed by atoms with Crippen LogP contribution < -0.4 is 0 Å².